The molecule has 0 amide bonds. The first-order valence-electron chi connectivity index (χ1n) is 8.24. The lowest BCUT2D eigenvalue weighted by Gasteiger charge is -2.34. The average Bonchev–Trinajstić information content (AvgIpc) is 3.05. The highest BCUT2D eigenvalue weighted by Gasteiger charge is 2.23. The molecule has 0 saturated carbocycles. The second-order valence-electron chi connectivity index (χ2n) is 5.98. The van der Waals surface area contributed by atoms with Crippen molar-refractivity contribution in [3.63, 3.8) is 0 Å². The first kappa shape index (κ1) is 16.0. The summed E-state index contributed by atoms with van der Waals surface area (Å²) in [6.07, 6.45) is 6.19. The van der Waals surface area contributed by atoms with Gasteiger partial charge in [-0.15, -0.1) is 0 Å². The zero-order valence-electron chi connectivity index (χ0n) is 13.6. The molecular formula is C18H24N2O3. The van der Waals surface area contributed by atoms with Gasteiger partial charge in [-0.05, 0) is 50.1 Å². The maximum absolute atomic E-state index is 9.22. The molecule has 124 valence electrons. The zero-order valence-corrected chi connectivity index (χ0v) is 13.6. The van der Waals surface area contributed by atoms with E-state index < -0.39 is 0 Å². The molecular weight excluding hydrogens is 292 g/mol. The van der Waals surface area contributed by atoms with E-state index in [2.05, 4.69) is 9.88 Å². The van der Waals surface area contributed by atoms with Gasteiger partial charge in [-0.1, -0.05) is 6.42 Å². The summed E-state index contributed by atoms with van der Waals surface area (Å²) in [7, 11) is 1.66. The van der Waals surface area contributed by atoms with Crippen LogP contribution in [-0.4, -0.2) is 41.3 Å². The fraction of sp³-hybridized carbons (Fsp3) is 0.500. The molecule has 0 unspecified atom stereocenters. The van der Waals surface area contributed by atoms with E-state index in [1.807, 2.05) is 24.3 Å². The van der Waals surface area contributed by atoms with Gasteiger partial charge in [0.25, 0.3) is 0 Å². The summed E-state index contributed by atoms with van der Waals surface area (Å²) in [5.41, 5.74) is 0.995. The van der Waals surface area contributed by atoms with Gasteiger partial charge in [-0.3, -0.25) is 4.90 Å². The molecule has 1 aromatic carbocycles. The summed E-state index contributed by atoms with van der Waals surface area (Å²) >= 11 is 0. The number of rotatable bonds is 6. The van der Waals surface area contributed by atoms with E-state index in [0.717, 1.165) is 42.4 Å². The minimum Gasteiger partial charge on any atom is -0.497 e. The van der Waals surface area contributed by atoms with Gasteiger partial charge in [0.15, 0.2) is 5.76 Å². The fourth-order valence-corrected chi connectivity index (χ4v) is 3.19. The van der Waals surface area contributed by atoms with E-state index in [1.165, 1.54) is 12.8 Å². The van der Waals surface area contributed by atoms with Crippen molar-refractivity contribution in [1.82, 2.24) is 9.88 Å². The van der Waals surface area contributed by atoms with E-state index in [0.29, 0.717) is 12.6 Å². The molecule has 1 aromatic heterocycles. The number of hydrogen-bond donors (Lipinski definition) is 1. The molecule has 0 radical (unpaired) electrons. The van der Waals surface area contributed by atoms with Crippen molar-refractivity contribution in [2.75, 3.05) is 20.3 Å². The SMILES string of the molecule is COc1ccc(-c2cnc(CN3CCCC[C@@H]3CCO)o2)cc1. The Balaban J connectivity index is 1.68. The van der Waals surface area contributed by atoms with E-state index in [4.69, 9.17) is 9.15 Å². The summed E-state index contributed by atoms with van der Waals surface area (Å²) < 4.78 is 11.1. The maximum Gasteiger partial charge on any atom is 0.209 e. The Bertz CT molecular complexity index is 607. The van der Waals surface area contributed by atoms with Crippen molar-refractivity contribution in [3.8, 4) is 17.1 Å². The van der Waals surface area contributed by atoms with Crippen molar-refractivity contribution < 1.29 is 14.3 Å². The van der Waals surface area contributed by atoms with Gasteiger partial charge in [0.2, 0.25) is 5.89 Å². The molecule has 0 bridgehead atoms. The predicted octanol–water partition coefficient (Wildman–Crippen LogP) is 3.09. The molecule has 0 spiro atoms. The number of aromatic nitrogens is 1. The molecule has 1 fully saturated rings. The molecule has 5 heteroatoms. The summed E-state index contributed by atoms with van der Waals surface area (Å²) in [4.78, 5) is 6.80. The number of piperidine rings is 1. The Morgan fingerprint density at radius 1 is 1.30 bits per heavy atom. The molecule has 1 N–H and O–H groups in total. The Labute approximate surface area is 136 Å². The van der Waals surface area contributed by atoms with Crippen LogP contribution in [-0.2, 0) is 6.54 Å². The molecule has 1 saturated heterocycles. The lowest BCUT2D eigenvalue weighted by molar-refractivity contribution is 0.103. The van der Waals surface area contributed by atoms with E-state index >= 15 is 0 Å². The third-order valence-corrected chi connectivity index (χ3v) is 4.48. The predicted molar refractivity (Wildman–Crippen MR) is 88.2 cm³/mol. The van der Waals surface area contributed by atoms with Gasteiger partial charge >= 0.3 is 0 Å². The molecule has 3 rings (SSSR count). The topological polar surface area (TPSA) is 58.7 Å². The first-order chi connectivity index (χ1) is 11.3. The van der Waals surface area contributed by atoms with Crippen LogP contribution in [0.5, 0.6) is 5.75 Å². The van der Waals surface area contributed by atoms with Crippen LogP contribution < -0.4 is 4.74 Å². The van der Waals surface area contributed by atoms with Gasteiger partial charge < -0.3 is 14.3 Å². The normalized spacial score (nSPS) is 19.0. The van der Waals surface area contributed by atoms with Gasteiger partial charge in [-0.25, -0.2) is 4.98 Å². The van der Waals surface area contributed by atoms with E-state index in [9.17, 15) is 5.11 Å². The van der Waals surface area contributed by atoms with Crippen LogP contribution in [0, 0.1) is 0 Å². The minimum atomic E-state index is 0.240. The standard InChI is InChI=1S/C18H24N2O3/c1-22-16-7-5-14(6-8-16)17-12-19-18(23-17)13-20-10-3-2-4-15(20)9-11-21/h5-8,12,15,21H,2-4,9-11,13H2,1H3/t15-/m1/s1. The van der Waals surface area contributed by atoms with Crippen LogP contribution in [0.25, 0.3) is 11.3 Å². The molecule has 1 aliphatic heterocycles. The zero-order chi connectivity index (χ0) is 16.1. The smallest absolute Gasteiger partial charge is 0.209 e. The van der Waals surface area contributed by atoms with Crippen LogP contribution in [0.1, 0.15) is 31.6 Å². The Morgan fingerprint density at radius 3 is 2.87 bits per heavy atom. The monoisotopic (exact) mass is 316 g/mol. The van der Waals surface area contributed by atoms with Gasteiger partial charge in [0, 0.05) is 18.2 Å². The highest BCUT2D eigenvalue weighted by atomic mass is 16.5. The number of nitrogens with zero attached hydrogens (tertiary/aromatic N) is 2. The van der Waals surface area contributed by atoms with Crippen molar-refractivity contribution in [2.45, 2.75) is 38.3 Å². The van der Waals surface area contributed by atoms with Gasteiger partial charge in [-0.2, -0.15) is 0 Å². The van der Waals surface area contributed by atoms with Crippen LogP contribution in [0.2, 0.25) is 0 Å². The van der Waals surface area contributed by atoms with Crippen molar-refractivity contribution >= 4 is 0 Å². The van der Waals surface area contributed by atoms with Crippen LogP contribution in [0.3, 0.4) is 0 Å². The number of benzene rings is 1. The van der Waals surface area contributed by atoms with Crippen LogP contribution in [0.4, 0.5) is 0 Å². The molecule has 1 atom stereocenters. The molecule has 5 nitrogen and oxygen atoms in total. The number of aliphatic hydroxyl groups excluding tert-OH is 1. The lowest BCUT2D eigenvalue weighted by Crippen LogP contribution is -2.39. The summed E-state index contributed by atoms with van der Waals surface area (Å²) in [5, 5.41) is 9.22. The Morgan fingerprint density at radius 2 is 2.13 bits per heavy atom. The summed E-state index contributed by atoms with van der Waals surface area (Å²) in [6.45, 7) is 2.00. The number of likely N-dealkylation sites (tertiary alicyclic amines) is 1. The van der Waals surface area contributed by atoms with Crippen LogP contribution >= 0.6 is 0 Å². The second kappa shape index (κ2) is 7.62. The average molecular weight is 316 g/mol. The summed E-state index contributed by atoms with van der Waals surface area (Å²) in [6, 6.07) is 8.21. The van der Waals surface area contributed by atoms with E-state index in [1.54, 1.807) is 13.3 Å². The number of hydrogen-bond acceptors (Lipinski definition) is 5. The largest absolute Gasteiger partial charge is 0.497 e. The number of aliphatic hydroxyl groups is 1. The fourth-order valence-electron chi connectivity index (χ4n) is 3.19. The Hall–Kier alpha value is -1.85. The van der Waals surface area contributed by atoms with Crippen molar-refractivity contribution in [2.24, 2.45) is 0 Å². The molecule has 23 heavy (non-hydrogen) atoms. The third-order valence-electron chi connectivity index (χ3n) is 4.48. The van der Waals surface area contributed by atoms with Crippen molar-refractivity contribution in [3.05, 3.63) is 36.4 Å². The summed E-state index contributed by atoms with van der Waals surface area (Å²) in [5.74, 6) is 2.34. The molecule has 0 aliphatic carbocycles. The lowest BCUT2D eigenvalue weighted by atomic mass is 10.00. The van der Waals surface area contributed by atoms with E-state index in [-0.39, 0.29) is 6.61 Å². The first-order valence-corrected chi connectivity index (χ1v) is 8.24. The van der Waals surface area contributed by atoms with Crippen molar-refractivity contribution in [1.29, 1.82) is 0 Å². The highest BCUT2D eigenvalue weighted by Crippen LogP contribution is 2.25. The maximum atomic E-state index is 9.22. The molecule has 2 heterocycles. The number of ether oxygens (including phenoxy) is 1. The number of methoxy groups -OCH3 is 1. The van der Waals surface area contributed by atoms with Gasteiger partial charge in [0.05, 0.1) is 19.9 Å². The van der Waals surface area contributed by atoms with Gasteiger partial charge in [0.1, 0.15) is 5.75 Å². The Kier molecular flexibility index (Phi) is 5.31. The molecule has 1 aliphatic rings. The third kappa shape index (κ3) is 3.92. The number of oxazole rings is 1. The minimum absolute atomic E-state index is 0.240. The quantitative estimate of drug-likeness (QED) is 0.887. The van der Waals surface area contributed by atoms with Crippen LogP contribution in [0.15, 0.2) is 34.9 Å². The highest BCUT2D eigenvalue weighted by molar-refractivity contribution is 5.57. The second-order valence-corrected chi connectivity index (χ2v) is 5.98. The molecule has 2 aromatic rings.